The van der Waals surface area contributed by atoms with E-state index < -0.39 is 6.16 Å². The van der Waals surface area contributed by atoms with Gasteiger partial charge in [-0.1, -0.05) is 6.92 Å². The van der Waals surface area contributed by atoms with Gasteiger partial charge in [-0.2, -0.15) is 0 Å². The highest BCUT2D eigenvalue weighted by atomic mass is 16.7. The summed E-state index contributed by atoms with van der Waals surface area (Å²) < 4.78 is 9.50. The third kappa shape index (κ3) is 9.23. The van der Waals surface area contributed by atoms with Crippen LogP contribution in [0, 0.1) is 0 Å². The third-order valence-corrected chi connectivity index (χ3v) is 1.26. The summed E-state index contributed by atoms with van der Waals surface area (Å²) in [6, 6.07) is 0. The van der Waals surface area contributed by atoms with Crippen molar-refractivity contribution in [3.63, 3.8) is 0 Å². The van der Waals surface area contributed by atoms with Crippen molar-refractivity contribution in [3.05, 3.63) is 0 Å². The summed E-state index contributed by atoms with van der Waals surface area (Å²) in [5.41, 5.74) is 0. The third-order valence-electron chi connectivity index (χ3n) is 1.26. The largest absolute Gasteiger partial charge is 0.505 e. The predicted molar refractivity (Wildman–Crippen MR) is 44.3 cm³/mol. The number of rotatable bonds is 7. The number of hydrogen-bond acceptors (Lipinski definition) is 3. The van der Waals surface area contributed by atoms with Gasteiger partial charge < -0.3 is 14.6 Å². The van der Waals surface area contributed by atoms with E-state index in [0.717, 1.165) is 25.9 Å². The molecular formula is C8H16O4. The van der Waals surface area contributed by atoms with Gasteiger partial charge in [-0.3, -0.25) is 0 Å². The average molecular weight is 176 g/mol. The summed E-state index contributed by atoms with van der Waals surface area (Å²) in [6.45, 7) is 3.79. The lowest BCUT2D eigenvalue weighted by Crippen LogP contribution is -2.03. The smallest absolute Gasteiger partial charge is 0.450 e. The Bertz CT molecular complexity index is 114. The van der Waals surface area contributed by atoms with Crippen LogP contribution in [0.15, 0.2) is 0 Å². The fraction of sp³-hybridized carbons (Fsp3) is 0.875. The van der Waals surface area contributed by atoms with Crippen LogP contribution in [0.5, 0.6) is 0 Å². The number of unbranched alkanes of at least 4 members (excludes halogenated alkanes) is 1. The first-order valence-corrected chi connectivity index (χ1v) is 4.20. The van der Waals surface area contributed by atoms with E-state index in [9.17, 15) is 4.79 Å². The lowest BCUT2D eigenvalue weighted by atomic mass is 10.3. The molecule has 0 unspecified atom stereocenters. The van der Waals surface area contributed by atoms with Crippen molar-refractivity contribution in [1.82, 2.24) is 0 Å². The summed E-state index contributed by atoms with van der Waals surface area (Å²) >= 11 is 0. The van der Waals surface area contributed by atoms with Crippen LogP contribution in [-0.4, -0.2) is 31.1 Å². The first kappa shape index (κ1) is 11.2. The lowest BCUT2D eigenvalue weighted by molar-refractivity contribution is 0.0833. The normalized spacial score (nSPS) is 9.75. The fourth-order valence-electron chi connectivity index (χ4n) is 0.712. The van der Waals surface area contributed by atoms with Crippen molar-refractivity contribution >= 4 is 6.16 Å². The van der Waals surface area contributed by atoms with Gasteiger partial charge in [0.1, 0.15) is 0 Å². The van der Waals surface area contributed by atoms with E-state index in [1.165, 1.54) is 0 Å². The summed E-state index contributed by atoms with van der Waals surface area (Å²) in [5.74, 6) is 0. The number of ether oxygens (including phenoxy) is 2. The highest BCUT2D eigenvalue weighted by Gasteiger charge is 1.94. The summed E-state index contributed by atoms with van der Waals surface area (Å²) in [4.78, 5) is 9.88. The van der Waals surface area contributed by atoms with Crippen LogP contribution in [0.1, 0.15) is 26.2 Å². The van der Waals surface area contributed by atoms with Gasteiger partial charge in [0, 0.05) is 13.2 Å². The number of carboxylic acid groups (broad SMARTS) is 1. The molecule has 1 N–H and O–H groups in total. The summed E-state index contributed by atoms with van der Waals surface area (Å²) in [7, 11) is 0. The molecule has 0 aliphatic carbocycles. The van der Waals surface area contributed by atoms with Gasteiger partial charge in [0.25, 0.3) is 0 Å². The van der Waals surface area contributed by atoms with Gasteiger partial charge in [0.05, 0.1) is 6.61 Å². The summed E-state index contributed by atoms with van der Waals surface area (Å²) in [5, 5.41) is 8.10. The molecule has 0 saturated heterocycles. The molecule has 0 aromatic heterocycles. The van der Waals surface area contributed by atoms with E-state index in [4.69, 9.17) is 9.84 Å². The molecule has 0 radical (unpaired) electrons. The van der Waals surface area contributed by atoms with E-state index in [0.29, 0.717) is 6.61 Å². The minimum Gasteiger partial charge on any atom is -0.450 e. The maximum Gasteiger partial charge on any atom is 0.505 e. The van der Waals surface area contributed by atoms with E-state index >= 15 is 0 Å². The first-order valence-electron chi connectivity index (χ1n) is 4.20. The van der Waals surface area contributed by atoms with Crippen molar-refractivity contribution in [1.29, 1.82) is 0 Å². The Morgan fingerprint density at radius 1 is 1.25 bits per heavy atom. The molecule has 4 heteroatoms. The quantitative estimate of drug-likeness (QED) is 0.475. The monoisotopic (exact) mass is 176 g/mol. The van der Waals surface area contributed by atoms with Gasteiger partial charge in [-0.05, 0) is 19.3 Å². The topological polar surface area (TPSA) is 55.8 Å². The van der Waals surface area contributed by atoms with Crippen molar-refractivity contribution in [2.24, 2.45) is 0 Å². The Kier molecular flexibility index (Phi) is 7.79. The Morgan fingerprint density at radius 2 is 1.92 bits per heavy atom. The molecule has 0 fully saturated rings. The maximum atomic E-state index is 9.88. The number of hydrogen-bond donors (Lipinski definition) is 1. The fourth-order valence-corrected chi connectivity index (χ4v) is 0.712. The second-order valence-corrected chi connectivity index (χ2v) is 2.43. The number of carbonyl (C=O) groups is 1. The average Bonchev–Trinajstić information content (AvgIpc) is 2.02. The zero-order valence-corrected chi connectivity index (χ0v) is 7.41. The molecular weight excluding hydrogens is 160 g/mol. The van der Waals surface area contributed by atoms with E-state index in [-0.39, 0.29) is 6.61 Å². The molecule has 0 atom stereocenters. The molecule has 0 aromatic rings. The molecule has 0 bridgehead atoms. The van der Waals surface area contributed by atoms with E-state index in [1.54, 1.807) is 0 Å². The minimum absolute atomic E-state index is 0.269. The van der Waals surface area contributed by atoms with Gasteiger partial charge in [0.2, 0.25) is 0 Å². The van der Waals surface area contributed by atoms with Crippen LogP contribution in [0.25, 0.3) is 0 Å². The Labute approximate surface area is 72.5 Å². The van der Waals surface area contributed by atoms with Crippen LogP contribution in [0.4, 0.5) is 4.79 Å². The molecule has 0 rings (SSSR count). The maximum absolute atomic E-state index is 9.88. The SMILES string of the molecule is CCCOCCCCOC(=O)O. The Morgan fingerprint density at radius 3 is 2.50 bits per heavy atom. The predicted octanol–water partition coefficient (Wildman–Crippen LogP) is 1.89. The van der Waals surface area contributed by atoms with Crippen molar-refractivity contribution < 1.29 is 19.4 Å². The highest BCUT2D eigenvalue weighted by Crippen LogP contribution is 1.92. The van der Waals surface area contributed by atoms with Crippen LogP contribution in [0.3, 0.4) is 0 Å². The van der Waals surface area contributed by atoms with Crippen LogP contribution in [-0.2, 0) is 9.47 Å². The van der Waals surface area contributed by atoms with Crippen molar-refractivity contribution in [2.45, 2.75) is 26.2 Å². The van der Waals surface area contributed by atoms with E-state index in [1.807, 2.05) is 6.92 Å². The molecule has 4 nitrogen and oxygen atoms in total. The molecule has 72 valence electrons. The van der Waals surface area contributed by atoms with Crippen LogP contribution < -0.4 is 0 Å². The second-order valence-electron chi connectivity index (χ2n) is 2.43. The minimum atomic E-state index is -1.20. The molecule has 0 aliphatic heterocycles. The van der Waals surface area contributed by atoms with E-state index in [2.05, 4.69) is 4.74 Å². The Hall–Kier alpha value is -0.770. The van der Waals surface area contributed by atoms with Crippen LogP contribution in [0.2, 0.25) is 0 Å². The van der Waals surface area contributed by atoms with Crippen LogP contribution >= 0.6 is 0 Å². The molecule has 0 heterocycles. The zero-order chi connectivity index (χ0) is 9.23. The van der Waals surface area contributed by atoms with Crippen molar-refractivity contribution in [2.75, 3.05) is 19.8 Å². The molecule has 0 saturated carbocycles. The van der Waals surface area contributed by atoms with Gasteiger partial charge >= 0.3 is 6.16 Å². The Balaban J connectivity index is 2.86. The molecule has 0 aromatic carbocycles. The molecule has 0 aliphatic rings. The standard InChI is InChI=1S/C8H16O4/c1-2-5-11-6-3-4-7-12-8(9)10/h2-7H2,1H3,(H,9,10). The van der Waals surface area contributed by atoms with Gasteiger partial charge in [-0.15, -0.1) is 0 Å². The zero-order valence-electron chi connectivity index (χ0n) is 7.41. The molecule has 0 spiro atoms. The highest BCUT2D eigenvalue weighted by molar-refractivity contribution is 5.56. The van der Waals surface area contributed by atoms with Gasteiger partial charge in [-0.25, -0.2) is 4.79 Å². The van der Waals surface area contributed by atoms with Crippen molar-refractivity contribution in [3.8, 4) is 0 Å². The molecule has 12 heavy (non-hydrogen) atoms. The van der Waals surface area contributed by atoms with Gasteiger partial charge in [0.15, 0.2) is 0 Å². The lowest BCUT2D eigenvalue weighted by Gasteiger charge is -2.01. The molecule has 0 amide bonds. The first-order chi connectivity index (χ1) is 5.77. The second kappa shape index (κ2) is 8.33. The summed E-state index contributed by atoms with van der Waals surface area (Å²) in [6.07, 6.45) is 1.40.